The van der Waals surface area contributed by atoms with E-state index in [2.05, 4.69) is 0 Å². The molecule has 0 amide bonds. The molecule has 66 valence electrons. The van der Waals surface area contributed by atoms with Crippen LogP contribution in [0, 0.1) is 0 Å². The molecule has 0 aromatic heterocycles. The number of rotatable bonds is 1. The third-order valence-electron chi connectivity index (χ3n) is 0.264. The van der Waals surface area contributed by atoms with Crippen molar-refractivity contribution in [2.45, 2.75) is 33.0 Å². The molecule has 0 bridgehead atoms. The Labute approximate surface area is 61.4 Å². The molecule has 0 rings (SSSR count). The fraction of sp³-hybridized carbons (Fsp3) is 1.00. The average molecular weight is 154 g/mol. The van der Waals surface area contributed by atoms with E-state index in [1.807, 2.05) is 0 Å². The zero-order chi connectivity index (χ0) is 7.86. The minimum Gasteiger partial charge on any atom is -0.412 e. The minimum absolute atomic E-state index is 0. The molecule has 0 heterocycles. The summed E-state index contributed by atoms with van der Waals surface area (Å²) in [7, 11) is 0. The van der Waals surface area contributed by atoms with Crippen LogP contribution in [0.25, 0.3) is 0 Å². The smallest absolute Gasteiger partial charge is 0.0742 e. The second kappa shape index (κ2) is 11.6. The summed E-state index contributed by atoms with van der Waals surface area (Å²) in [6.07, 6.45) is -0.727. The van der Waals surface area contributed by atoms with E-state index >= 15 is 0 Å². The lowest BCUT2D eigenvalue weighted by molar-refractivity contribution is 0.110. The van der Waals surface area contributed by atoms with Gasteiger partial charge in [-0.05, 0) is 20.8 Å². The van der Waals surface area contributed by atoms with Crippen molar-refractivity contribution < 1.29 is 20.8 Å². The molecule has 0 spiro atoms. The van der Waals surface area contributed by atoms with E-state index in [0.29, 0.717) is 0 Å². The third kappa shape index (κ3) is 108. The van der Waals surface area contributed by atoms with E-state index in [-0.39, 0.29) is 18.2 Å². The summed E-state index contributed by atoms with van der Waals surface area (Å²) in [6.45, 7) is 4.83. The summed E-state index contributed by atoms with van der Waals surface area (Å²) >= 11 is 0. The standard InChI is InChI=1S/C3H8O2.C3H8O.H2O/c1-3(5)2-4;1-3(2)4;/h3-5H,2H2,1H3;3-4H,1-2H3;1H2. The molecule has 0 aliphatic carbocycles. The van der Waals surface area contributed by atoms with E-state index in [1.54, 1.807) is 13.8 Å². The molecule has 0 aliphatic heterocycles. The summed E-state index contributed by atoms with van der Waals surface area (Å²) in [4.78, 5) is 0. The van der Waals surface area contributed by atoms with Gasteiger partial charge in [0, 0.05) is 6.10 Å². The summed E-state index contributed by atoms with van der Waals surface area (Å²) in [6, 6.07) is 0. The molecule has 0 fully saturated rings. The van der Waals surface area contributed by atoms with E-state index < -0.39 is 6.10 Å². The van der Waals surface area contributed by atoms with Crippen LogP contribution >= 0.6 is 0 Å². The molecule has 5 N–H and O–H groups in total. The lowest BCUT2D eigenvalue weighted by Gasteiger charge is -1.90. The Morgan fingerprint density at radius 2 is 1.20 bits per heavy atom. The number of aliphatic hydroxyl groups excluding tert-OH is 3. The highest BCUT2D eigenvalue weighted by atomic mass is 16.3. The van der Waals surface area contributed by atoms with Crippen molar-refractivity contribution in [1.29, 1.82) is 0 Å². The van der Waals surface area contributed by atoms with Crippen molar-refractivity contribution >= 4 is 0 Å². The zero-order valence-corrected chi connectivity index (χ0v) is 6.70. The molecule has 4 nitrogen and oxygen atoms in total. The maximum atomic E-state index is 8.11. The molecule has 1 unspecified atom stereocenters. The molecule has 4 heteroatoms. The SMILES string of the molecule is CC(C)O.CC(O)CO.O. The Balaban J connectivity index is -0.0000000910. The summed E-state index contributed by atoms with van der Waals surface area (Å²) < 4.78 is 0. The normalized spacial score (nSPS) is 11.1. The molecule has 0 radical (unpaired) electrons. The first kappa shape index (κ1) is 16.4. The van der Waals surface area contributed by atoms with Crippen LogP contribution in [0.5, 0.6) is 0 Å². The topological polar surface area (TPSA) is 92.2 Å². The summed E-state index contributed by atoms with van der Waals surface area (Å²) in [5, 5.41) is 24.1. The van der Waals surface area contributed by atoms with Crippen molar-refractivity contribution in [3.63, 3.8) is 0 Å². The molecule has 10 heavy (non-hydrogen) atoms. The number of aliphatic hydroxyl groups is 3. The van der Waals surface area contributed by atoms with Gasteiger partial charge in [-0.1, -0.05) is 0 Å². The van der Waals surface area contributed by atoms with Gasteiger partial charge in [0.1, 0.15) is 0 Å². The highest BCUT2D eigenvalue weighted by Gasteiger charge is 1.83. The molecular weight excluding hydrogens is 136 g/mol. The van der Waals surface area contributed by atoms with Gasteiger partial charge in [-0.25, -0.2) is 0 Å². The van der Waals surface area contributed by atoms with Crippen molar-refractivity contribution in [3.05, 3.63) is 0 Å². The van der Waals surface area contributed by atoms with Gasteiger partial charge in [0.15, 0.2) is 0 Å². The average Bonchev–Trinajstić information content (AvgIpc) is 1.65. The van der Waals surface area contributed by atoms with E-state index in [4.69, 9.17) is 15.3 Å². The fourth-order valence-electron chi connectivity index (χ4n) is 0. The minimum atomic E-state index is -0.560. The van der Waals surface area contributed by atoms with Crippen molar-refractivity contribution in [2.75, 3.05) is 6.61 Å². The van der Waals surface area contributed by atoms with Crippen LogP contribution in [0.15, 0.2) is 0 Å². The predicted octanol–water partition coefficient (Wildman–Crippen LogP) is -1.08. The van der Waals surface area contributed by atoms with Crippen molar-refractivity contribution in [3.8, 4) is 0 Å². The van der Waals surface area contributed by atoms with Crippen molar-refractivity contribution in [1.82, 2.24) is 0 Å². The molecule has 1 atom stereocenters. The number of hydrogen-bond donors (Lipinski definition) is 3. The Bertz CT molecular complexity index is 42.3. The monoisotopic (exact) mass is 154 g/mol. The summed E-state index contributed by atoms with van der Waals surface area (Å²) in [5.74, 6) is 0. The first-order chi connectivity index (χ1) is 4.00. The Morgan fingerprint density at radius 3 is 1.20 bits per heavy atom. The maximum Gasteiger partial charge on any atom is 0.0742 e. The van der Waals surface area contributed by atoms with Crippen molar-refractivity contribution in [2.24, 2.45) is 0 Å². The van der Waals surface area contributed by atoms with Gasteiger partial charge >= 0.3 is 0 Å². The maximum absolute atomic E-state index is 8.11. The second-order valence-corrected chi connectivity index (χ2v) is 2.13. The largest absolute Gasteiger partial charge is 0.412 e. The van der Waals surface area contributed by atoms with Gasteiger partial charge in [-0.15, -0.1) is 0 Å². The van der Waals surface area contributed by atoms with Gasteiger partial charge in [-0.3, -0.25) is 0 Å². The van der Waals surface area contributed by atoms with Gasteiger partial charge < -0.3 is 20.8 Å². The van der Waals surface area contributed by atoms with Gasteiger partial charge in [0.2, 0.25) is 0 Å². The lowest BCUT2D eigenvalue weighted by Crippen LogP contribution is -2.03. The predicted molar refractivity (Wildman–Crippen MR) is 39.7 cm³/mol. The van der Waals surface area contributed by atoms with Crippen LogP contribution in [-0.2, 0) is 0 Å². The highest BCUT2D eigenvalue weighted by molar-refractivity contribution is 4.34. The highest BCUT2D eigenvalue weighted by Crippen LogP contribution is 1.68. The molecule has 0 aromatic carbocycles. The third-order valence-corrected chi connectivity index (χ3v) is 0.264. The van der Waals surface area contributed by atoms with Crippen LogP contribution < -0.4 is 0 Å². The molecular formula is C6H18O4. The molecule has 0 aromatic rings. The summed E-state index contributed by atoms with van der Waals surface area (Å²) in [5.41, 5.74) is 0. The van der Waals surface area contributed by atoms with Gasteiger partial charge in [0.25, 0.3) is 0 Å². The number of hydrogen-bond acceptors (Lipinski definition) is 3. The quantitative estimate of drug-likeness (QED) is 0.448. The fourth-order valence-corrected chi connectivity index (χ4v) is 0. The van der Waals surface area contributed by atoms with Crippen LogP contribution in [-0.4, -0.2) is 39.6 Å². The first-order valence-electron chi connectivity index (χ1n) is 2.97. The van der Waals surface area contributed by atoms with Crippen LogP contribution in [0.1, 0.15) is 20.8 Å². The Hall–Kier alpha value is -0.160. The Morgan fingerprint density at radius 1 is 1.10 bits per heavy atom. The van der Waals surface area contributed by atoms with E-state index in [1.165, 1.54) is 6.92 Å². The molecule has 0 aliphatic rings. The van der Waals surface area contributed by atoms with Gasteiger partial charge in [-0.2, -0.15) is 0 Å². The second-order valence-electron chi connectivity index (χ2n) is 2.13. The van der Waals surface area contributed by atoms with E-state index in [9.17, 15) is 0 Å². The van der Waals surface area contributed by atoms with Gasteiger partial charge in [0.05, 0.1) is 12.7 Å². The lowest BCUT2D eigenvalue weighted by atomic mass is 10.5. The van der Waals surface area contributed by atoms with Crippen LogP contribution in [0.3, 0.4) is 0 Å². The van der Waals surface area contributed by atoms with E-state index in [0.717, 1.165) is 0 Å². The molecule has 0 saturated carbocycles. The van der Waals surface area contributed by atoms with Crippen LogP contribution in [0.2, 0.25) is 0 Å². The van der Waals surface area contributed by atoms with Crippen LogP contribution in [0.4, 0.5) is 0 Å². The molecule has 0 saturated heterocycles. The Kier molecular flexibility index (Phi) is 19.1. The first-order valence-corrected chi connectivity index (χ1v) is 2.97. The zero-order valence-electron chi connectivity index (χ0n) is 6.70.